The van der Waals surface area contributed by atoms with Gasteiger partial charge >= 0.3 is 6.03 Å². The summed E-state index contributed by atoms with van der Waals surface area (Å²) in [7, 11) is 1.89. The van der Waals surface area contributed by atoms with Gasteiger partial charge in [0.25, 0.3) is 5.91 Å². The lowest BCUT2D eigenvalue weighted by molar-refractivity contribution is -0.136. The van der Waals surface area contributed by atoms with Crippen molar-refractivity contribution in [2.24, 2.45) is 0 Å². The number of amides is 5. The minimum absolute atomic E-state index is 0.199. The van der Waals surface area contributed by atoms with Crippen LogP contribution in [0.4, 0.5) is 10.5 Å². The minimum atomic E-state index is -0.722. The number of para-hydroxylation sites is 1. The van der Waals surface area contributed by atoms with Gasteiger partial charge in [0, 0.05) is 30.8 Å². The predicted molar refractivity (Wildman–Crippen MR) is 140 cm³/mol. The summed E-state index contributed by atoms with van der Waals surface area (Å²) in [4.78, 5) is 55.8. The molecule has 2 aromatic carbocycles. The maximum Gasteiger partial charge on any atom is 0.319 e. The van der Waals surface area contributed by atoms with Gasteiger partial charge in [0.1, 0.15) is 11.0 Å². The summed E-state index contributed by atoms with van der Waals surface area (Å²) in [6.07, 6.45) is 0.500. The van der Waals surface area contributed by atoms with Gasteiger partial charge in [-0.3, -0.25) is 19.7 Å². The fourth-order valence-corrected chi connectivity index (χ4v) is 5.83. The monoisotopic (exact) mass is 520 g/mol. The van der Waals surface area contributed by atoms with Crippen LogP contribution in [0.15, 0.2) is 36.4 Å². The van der Waals surface area contributed by atoms with E-state index in [0.29, 0.717) is 24.2 Å². The first-order valence-corrected chi connectivity index (χ1v) is 12.9. The van der Waals surface area contributed by atoms with E-state index in [4.69, 9.17) is 4.98 Å². The van der Waals surface area contributed by atoms with Gasteiger partial charge in [-0.1, -0.05) is 12.1 Å². The molecule has 1 aromatic heterocycles. The highest BCUT2D eigenvalue weighted by Crippen LogP contribution is 2.32. The Morgan fingerprint density at radius 2 is 2.03 bits per heavy atom. The third-order valence-electron chi connectivity index (χ3n) is 6.61. The summed E-state index contributed by atoms with van der Waals surface area (Å²) >= 11 is 1.54. The largest absolute Gasteiger partial charge is 0.326 e. The number of urea groups is 1. The molecule has 0 saturated carbocycles. The SMILES string of the molecule is CNCc1cccc2sc(C(C)(C)NC(=O)Nc3ccc4c(c3)CN(C3CCC(=O)NC3=O)C4=O)nc12. The molecule has 0 aliphatic carbocycles. The van der Waals surface area contributed by atoms with Crippen molar-refractivity contribution < 1.29 is 19.2 Å². The molecule has 1 unspecified atom stereocenters. The number of thiazole rings is 1. The molecule has 2 aliphatic heterocycles. The van der Waals surface area contributed by atoms with Crippen molar-refractivity contribution in [1.82, 2.24) is 25.8 Å². The van der Waals surface area contributed by atoms with E-state index in [0.717, 1.165) is 26.4 Å². The smallest absolute Gasteiger partial charge is 0.319 e. The Morgan fingerprint density at radius 1 is 1.22 bits per heavy atom. The average Bonchev–Trinajstić information content (AvgIpc) is 3.42. The number of hydrogen-bond acceptors (Lipinski definition) is 7. The Hall–Kier alpha value is -3.83. The third-order valence-corrected chi connectivity index (χ3v) is 7.96. The fourth-order valence-electron chi connectivity index (χ4n) is 4.76. The maximum absolute atomic E-state index is 12.9. The normalized spacial score (nSPS) is 17.6. The van der Waals surface area contributed by atoms with E-state index in [1.54, 1.807) is 29.5 Å². The van der Waals surface area contributed by atoms with Gasteiger partial charge in [0.2, 0.25) is 11.8 Å². The molecule has 3 heterocycles. The van der Waals surface area contributed by atoms with Crippen molar-refractivity contribution in [3.8, 4) is 0 Å². The maximum atomic E-state index is 12.9. The number of aromatic nitrogens is 1. The second-order valence-corrected chi connectivity index (χ2v) is 10.8. The Bertz CT molecular complexity index is 1430. The molecular formula is C26H28N6O4S. The highest BCUT2D eigenvalue weighted by Gasteiger charge is 2.39. The van der Waals surface area contributed by atoms with Gasteiger partial charge in [-0.15, -0.1) is 11.3 Å². The molecule has 0 bridgehead atoms. The topological polar surface area (TPSA) is 133 Å². The van der Waals surface area contributed by atoms with Gasteiger partial charge in [-0.05, 0) is 62.7 Å². The first kappa shape index (κ1) is 24.8. The number of nitrogens with zero attached hydrogens (tertiary/aromatic N) is 2. The summed E-state index contributed by atoms with van der Waals surface area (Å²) in [5.74, 6) is -1.03. The van der Waals surface area contributed by atoms with Crippen molar-refractivity contribution >= 4 is 51.0 Å². The van der Waals surface area contributed by atoms with Crippen LogP contribution in [0.1, 0.15) is 53.2 Å². The number of carbonyl (C=O) groups excluding carboxylic acids is 4. The van der Waals surface area contributed by atoms with Crippen LogP contribution in [0.3, 0.4) is 0 Å². The van der Waals surface area contributed by atoms with Crippen molar-refractivity contribution in [2.45, 2.75) is 51.4 Å². The van der Waals surface area contributed by atoms with Gasteiger partial charge in [0.05, 0.1) is 15.8 Å². The molecule has 2 aliphatic rings. The number of carbonyl (C=O) groups is 4. The molecule has 0 radical (unpaired) electrons. The molecule has 0 spiro atoms. The molecule has 11 heteroatoms. The van der Waals surface area contributed by atoms with Crippen LogP contribution in [0, 0.1) is 0 Å². The van der Waals surface area contributed by atoms with E-state index in [-0.39, 0.29) is 24.8 Å². The number of benzene rings is 2. The first-order chi connectivity index (χ1) is 17.7. The fraction of sp³-hybridized carbons (Fsp3) is 0.346. The lowest BCUT2D eigenvalue weighted by Crippen LogP contribution is -2.52. The number of nitrogens with one attached hydrogen (secondary N) is 4. The van der Waals surface area contributed by atoms with E-state index in [9.17, 15) is 19.2 Å². The van der Waals surface area contributed by atoms with Crippen molar-refractivity contribution in [3.05, 3.63) is 58.1 Å². The molecule has 1 atom stereocenters. The number of rotatable bonds is 6. The number of piperidine rings is 1. The zero-order valence-corrected chi connectivity index (χ0v) is 21.6. The molecule has 4 N–H and O–H groups in total. The molecule has 192 valence electrons. The number of fused-ring (bicyclic) bond motifs is 2. The lowest BCUT2D eigenvalue weighted by atomic mass is 10.0. The van der Waals surface area contributed by atoms with E-state index >= 15 is 0 Å². The minimum Gasteiger partial charge on any atom is -0.326 e. The molecule has 1 fully saturated rings. The van der Waals surface area contributed by atoms with Crippen LogP contribution in [0.5, 0.6) is 0 Å². The van der Waals surface area contributed by atoms with Crippen LogP contribution >= 0.6 is 11.3 Å². The second-order valence-electron chi connectivity index (χ2n) is 9.79. The molecule has 1 saturated heterocycles. The van der Waals surface area contributed by atoms with Crippen molar-refractivity contribution in [1.29, 1.82) is 0 Å². The van der Waals surface area contributed by atoms with Gasteiger partial charge in [-0.25, -0.2) is 9.78 Å². The highest BCUT2D eigenvalue weighted by molar-refractivity contribution is 7.18. The first-order valence-electron chi connectivity index (χ1n) is 12.1. The molecule has 5 amide bonds. The summed E-state index contributed by atoms with van der Waals surface area (Å²) in [5.41, 5.74) is 3.04. The Balaban J connectivity index is 1.28. The van der Waals surface area contributed by atoms with Gasteiger partial charge < -0.3 is 20.9 Å². The number of anilines is 1. The zero-order chi connectivity index (χ0) is 26.3. The van der Waals surface area contributed by atoms with E-state index in [1.165, 1.54) is 4.90 Å². The highest BCUT2D eigenvalue weighted by atomic mass is 32.1. The number of hydrogen-bond donors (Lipinski definition) is 4. The van der Waals surface area contributed by atoms with Crippen LogP contribution in [-0.4, -0.2) is 46.7 Å². The summed E-state index contributed by atoms with van der Waals surface area (Å²) < 4.78 is 1.06. The lowest BCUT2D eigenvalue weighted by Gasteiger charge is -2.29. The summed E-state index contributed by atoms with van der Waals surface area (Å²) in [6, 6.07) is 10.1. The predicted octanol–water partition coefficient (Wildman–Crippen LogP) is 2.83. The molecule has 37 heavy (non-hydrogen) atoms. The van der Waals surface area contributed by atoms with E-state index in [1.807, 2.05) is 39.1 Å². The molecule has 5 rings (SSSR count). The van der Waals surface area contributed by atoms with E-state index in [2.05, 4.69) is 21.3 Å². The summed E-state index contributed by atoms with van der Waals surface area (Å²) in [6.45, 7) is 4.75. The van der Waals surface area contributed by atoms with Crippen LogP contribution in [0.25, 0.3) is 10.2 Å². The van der Waals surface area contributed by atoms with Crippen molar-refractivity contribution in [2.75, 3.05) is 12.4 Å². The van der Waals surface area contributed by atoms with E-state index < -0.39 is 23.5 Å². The van der Waals surface area contributed by atoms with Crippen LogP contribution in [-0.2, 0) is 28.2 Å². The van der Waals surface area contributed by atoms with Gasteiger partial charge in [0.15, 0.2) is 0 Å². The molecular weight excluding hydrogens is 492 g/mol. The molecule has 3 aromatic rings. The Labute approximate surface area is 217 Å². The molecule has 10 nitrogen and oxygen atoms in total. The standard InChI is InChI=1S/C26H28N6O4S/c1-26(2,24-30-21-14(12-27-3)5-4-6-19(21)37-24)31-25(36)28-16-7-8-17-15(11-16)13-32(23(17)35)18-9-10-20(33)29-22(18)34/h4-8,11,18,27H,9-10,12-13H2,1-3H3,(H2,28,31,36)(H,29,33,34). The average molecular weight is 521 g/mol. The Kier molecular flexibility index (Phi) is 6.42. The summed E-state index contributed by atoms with van der Waals surface area (Å²) in [5, 5.41) is 12.1. The van der Waals surface area contributed by atoms with Gasteiger partial charge in [-0.2, -0.15) is 0 Å². The third kappa shape index (κ3) is 4.79. The quantitative estimate of drug-likeness (QED) is 0.370. The zero-order valence-electron chi connectivity index (χ0n) is 20.8. The van der Waals surface area contributed by atoms with Crippen LogP contribution < -0.4 is 21.3 Å². The van der Waals surface area contributed by atoms with Crippen LogP contribution in [0.2, 0.25) is 0 Å². The number of imide groups is 1. The van der Waals surface area contributed by atoms with Crippen molar-refractivity contribution in [3.63, 3.8) is 0 Å². The second kappa shape index (κ2) is 9.56. The Morgan fingerprint density at radius 3 is 2.78 bits per heavy atom.